The van der Waals surface area contributed by atoms with Crippen molar-refractivity contribution in [2.24, 2.45) is 7.05 Å². The average molecular weight is 454 g/mol. The Labute approximate surface area is 191 Å². The zero-order valence-electron chi connectivity index (χ0n) is 18.3. The highest BCUT2D eigenvalue weighted by atomic mass is 35.5. The lowest BCUT2D eigenvalue weighted by molar-refractivity contribution is 0.142. The van der Waals surface area contributed by atoms with Crippen molar-refractivity contribution in [3.8, 4) is 0 Å². The van der Waals surface area contributed by atoms with E-state index in [1.807, 2.05) is 0 Å². The Hall–Kier alpha value is -2.95. The minimum Gasteiger partial charge on any atom is -0.362 e. The van der Waals surface area contributed by atoms with Gasteiger partial charge in [0.2, 0.25) is 5.52 Å². The Morgan fingerprint density at radius 3 is 2.72 bits per heavy atom. The number of piperazine rings is 1. The number of pyridine rings is 2. The van der Waals surface area contributed by atoms with Crippen molar-refractivity contribution in [2.75, 3.05) is 18.0 Å². The second kappa shape index (κ2) is 8.89. The van der Waals surface area contributed by atoms with Gasteiger partial charge in [-0.1, -0.05) is 31.2 Å². The summed E-state index contributed by atoms with van der Waals surface area (Å²) in [6.07, 6.45) is 0.908. The molecule has 0 radical (unpaired) electrons. The number of rotatable bonds is 4. The zero-order valence-corrected chi connectivity index (χ0v) is 19.1. The summed E-state index contributed by atoms with van der Waals surface area (Å²) < 4.78 is 15.0. The van der Waals surface area contributed by atoms with Gasteiger partial charge in [0.05, 0.1) is 11.2 Å². The van der Waals surface area contributed by atoms with Crippen LogP contribution < -0.4 is 10.5 Å². The van der Waals surface area contributed by atoms with Crippen LogP contribution >= 0.6 is 11.6 Å². The number of hydrogen-bond acceptors (Lipinski definition) is 4. The molecule has 3 heterocycles. The fourth-order valence-electron chi connectivity index (χ4n) is 4.48. The number of aryl methyl sites for hydroxylation is 1. The van der Waals surface area contributed by atoms with Gasteiger partial charge < -0.3 is 14.3 Å². The lowest BCUT2D eigenvalue weighted by Gasteiger charge is -2.46. The minimum atomic E-state index is -0.340. The molecule has 2 atom stereocenters. The molecule has 1 saturated heterocycles. The SMILES string of the molecule is [C-]#[N+]c1ccc2c(n1)c(N1C[C@@H](CC)N(Cc3ccc(F)cc3Cl)C[C@@H]1C)cc(=O)n2C. The highest BCUT2D eigenvalue weighted by Gasteiger charge is 2.33. The molecule has 1 fully saturated rings. The van der Waals surface area contributed by atoms with Gasteiger partial charge >= 0.3 is 0 Å². The van der Waals surface area contributed by atoms with Gasteiger partial charge in [0.25, 0.3) is 11.4 Å². The van der Waals surface area contributed by atoms with E-state index in [-0.39, 0.29) is 23.5 Å². The topological polar surface area (TPSA) is 45.7 Å². The molecular weight excluding hydrogens is 429 g/mol. The van der Waals surface area contributed by atoms with Gasteiger partial charge in [-0.15, -0.1) is 4.98 Å². The predicted octanol–water partition coefficient (Wildman–Crippen LogP) is 4.77. The first-order valence-corrected chi connectivity index (χ1v) is 11.0. The van der Waals surface area contributed by atoms with Crippen LogP contribution in [0.1, 0.15) is 25.8 Å². The van der Waals surface area contributed by atoms with E-state index in [1.54, 1.807) is 35.9 Å². The number of hydrogen-bond donors (Lipinski definition) is 0. The number of nitrogens with zero attached hydrogens (tertiary/aromatic N) is 5. The first kappa shape index (κ1) is 22.3. The van der Waals surface area contributed by atoms with Gasteiger partial charge in [-0.05, 0) is 43.2 Å². The maximum absolute atomic E-state index is 13.5. The van der Waals surface area contributed by atoms with Gasteiger partial charge in [0.15, 0.2) is 0 Å². The van der Waals surface area contributed by atoms with E-state index < -0.39 is 0 Å². The Bertz CT molecular complexity index is 1270. The highest BCUT2D eigenvalue weighted by molar-refractivity contribution is 6.31. The molecule has 0 N–H and O–H groups in total. The fraction of sp³-hybridized carbons (Fsp3) is 0.375. The molecule has 0 unspecified atom stereocenters. The van der Waals surface area contributed by atoms with Crippen LogP contribution in [0.2, 0.25) is 5.02 Å². The summed E-state index contributed by atoms with van der Waals surface area (Å²) in [6, 6.07) is 9.90. The Morgan fingerprint density at radius 1 is 1.25 bits per heavy atom. The molecule has 0 aliphatic carbocycles. The third-order valence-electron chi connectivity index (χ3n) is 6.29. The van der Waals surface area contributed by atoms with Crippen LogP contribution in [-0.4, -0.2) is 39.6 Å². The van der Waals surface area contributed by atoms with Gasteiger partial charge in [-0.25, -0.2) is 4.39 Å². The van der Waals surface area contributed by atoms with Crippen LogP contribution in [0.5, 0.6) is 0 Å². The Kier molecular flexibility index (Phi) is 6.18. The standard InChI is InChI=1S/C24H25ClFN5O/c1-5-18-14-31(15(2)12-30(18)13-16-6-7-17(26)10-19(16)25)21-11-23(32)29(4)20-8-9-22(27-3)28-24(20)21/h6-11,15,18H,5,12-14H2,1-2,4H3/t15-,18+/m0/s1. The van der Waals surface area contributed by atoms with Gasteiger partial charge in [0, 0.05) is 49.9 Å². The number of benzene rings is 1. The molecule has 166 valence electrons. The van der Waals surface area contributed by atoms with Crippen LogP contribution in [0, 0.1) is 12.4 Å². The number of anilines is 1. The molecule has 1 aliphatic heterocycles. The summed E-state index contributed by atoms with van der Waals surface area (Å²) in [5, 5.41) is 0.434. The molecule has 8 heteroatoms. The maximum atomic E-state index is 13.5. The third kappa shape index (κ3) is 4.08. The Morgan fingerprint density at radius 2 is 2.03 bits per heavy atom. The zero-order chi connectivity index (χ0) is 23.0. The van der Waals surface area contributed by atoms with E-state index in [4.69, 9.17) is 18.2 Å². The summed E-state index contributed by atoms with van der Waals surface area (Å²) in [5.74, 6) is -0.0329. The van der Waals surface area contributed by atoms with Crippen molar-refractivity contribution in [3.05, 3.63) is 74.6 Å². The molecule has 6 nitrogen and oxygen atoms in total. The van der Waals surface area contributed by atoms with Crippen molar-refractivity contribution >= 4 is 34.1 Å². The maximum Gasteiger partial charge on any atom is 0.270 e. The van der Waals surface area contributed by atoms with Gasteiger partial charge in [0.1, 0.15) is 5.82 Å². The second-order valence-corrected chi connectivity index (χ2v) is 8.71. The van der Waals surface area contributed by atoms with E-state index in [9.17, 15) is 9.18 Å². The molecule has 2 aromatic heterocycles. The number of fused-ring (bicyclic) bond motifs is 1. The molecule has 32 heavy (non-hydrogen) atoms. The van der Waals surface area contributed by atoms with Crippen molar-refractivity contribution in [3.63, 3.8) is 0 Å². The average Bonchev–Trinajstić information content (AvgIpc) is 2.78. The van der Waals surface area contributed by atoms with Crippen LogP contribution in [-0.2, 0) is 13.6 Å². The molecule has 4 rings (SSSR count). The van der Waals surface area contributed by atoms with Crippen LogP contribution in [0.25, 0.3) is 15.9 Å². The highest BCUT2D eigenvalue weighted by Crippen LogP contribution is 2.31. The lowest BCUT2D eigenvalue weighted by atomic mass is 10.0. The number of halogens is 2. The van der Waals surface area contributed by atoms with Gasteiger partial charge in [-0.3, -0.25) is 9.69 Å². The van der Waals surface area contributed by atoms with E-state index in [1.165, 1.54) is 12.1 Å². The largest absolute Gasteiger partial charge is 0.362 e. The van der Waals surface area contributed by atoms with Gasteiger partial charge in [-0.2, -0.15) is 0 Å². The molecule has 0 bridgehead atoms. The fourth-order valence-corrected chi connectivity index (χ4v) is 4.70. The third-order valence-corrected chi connectivity index (χ3v) is 6.64. The monoisotopic (exact) mass is 453 g/mol. The lowest BCUT2D eigenvalue weighted by Crippen LogP contribution is -2.57. The molecule has 1 aliphatic rings. The molecular formula is C24H25ClFN5O. The first-order valence-electron chi connectivity index (χ1n) is 10.6. The Balaban J connectivity index is 1.70. The summed E-state index contributed by atoms with van der Waals surface area (Å²) in [5.41, 5.74) is 2.93. The quantitative estimate of drug-likeness (QED) is 0.534. The smallest absolute Gasteiger partial charge is 0.270 e. The van der Waals surface area contributed by atoms with Crippen molar-refractivity contribution in [1.29, 1.82) is 0 Å². The van der Waals surface area contributed by atoms with Crippen molar-refractivity contribution in [2.45, 2.75) is 38.9 Å². The minimum absolute atomic E-state index is 0.103. The van der Waals surface area contributed by atoms with E-state index >= 15 is 0 Å². The van der Waals surface area contributed by atoms with E-state index in [0.29, 0.717) is 35.0 Å². The molecule has 0 spiro atoms. The molecule has 3 aromatic rings. The molecule has 0 saturated carbocycles. The summed E-state index contributed by atoms with van der Waals surface area (Å²) in [4.78, 5) is 25.3. The van der Waals surface area contributed by atoms with Crippen molar-refractivity contribution in [1.82, 2.24) is 14.5 Å². The van der Waals surface area contributed by atoms with Crippen molar-refractivity contribution < 1.29 is 4.39 Å². The van der Waals surface area contributed by atoms with Crippen LogP contribution in [0.3, 0.4) is 0 Å². The number of aromatic nitrogens is 2. The summed E-state index contributed by atoms with van der Waals surface area (Å²) >= 11 is 6.28. The normalized spacial score (nSPS) is 19.3. The molecule has 1 aromatic carbocycles. The first-order chi connectivity index (χ1) is 15.3. The van der Waals surface area contributed by atoms with E-state index in [2.05, 4.69) is 33.5 Å². The summed E-state index contributed by atoms with van der Waals surface area (Å²) in [6.45, 7) is 13.7. The second-order valence-electron chi connectivity index (χ2n) is 8.30. The summed E-state index contributed by atoms with van der Waals surface area (Å²) in [7, 11) is 1.72. The molecule has 0 amide bonds. The van der Waals surface area contributed by atoms with Crippen LogP contribution in [0.4, 0.5) is 15.9 Å². The van der Waals surface area contributed by atoms with E-state index in [0.717, 1.165) is 24.2 Å². The predicted molar refractivity (Wildman–Crippen MR) is 126 cm³/mol. The van der Waals surface area contributed by atoms with Crippen LogP contribution in [0.15, 0.2) is 41.2 Å².